The van der Waals surface area contributed by atoms with Crippen molar-refractivity contribution in [2.45, 2.75) is 56.8 Å². The van der Waals surface area contributed by atoms with Gasteiger partial charge >= 0.3 is 0 Å². The lowest BCUT2D eigenvalue weighted by Crippen LogP contribution is -2.46. The molecule has 0 spiro atoms. The molecule has 2 unspecified atom stereocenters. The van der Waals surface area contributed by atoms with Gasteiger partial charge in [-0.15, -0.1) is 0 Å². The Bertz CT molecular complexity index is 410. The number of hydrogen-bond donors (Lipinski definition) is 3. The van der Waals surface area contributed by atoms with Crippen LogP contribution in [0.15, 0.2) is 30.3 Å². The third kappa shape index (κ3) is 3.05. The molecule has 0 radical (unpaired) electrons. The molecular formula is C17H26N2O. The van der Waals surface area contributed by atoms with Crippen LogP contribution >= 0.6 is 0 Å². The number of aliphatic hydroxyl groups excluding tert-OH is 1. The van der Waals surface area contributed by atoms with E-state index in [1.54, 1.807) is 0 Å². The second-order valence-electron chi connectivity index (χ2n) is 6.47. The van der Waals surface area contributed by atoms with Crippen LogP contribution in [0, 0.1) is 5.92 Å². The molecule has 20 heavy (non-hydrogen) atoms. The van der Waals surface area contributed by atoms with E-state index >= 15 is 0 Å². The molecule has 2 aliphatic heterocycles. The summed E-state index contributed by atoms with van der Waals surface area (Å²) in [7, 11) is 0. The molecule has 3 rings (SSSR count). The van der Waals surface area contributed by atoms with Crippen molar-refractivity contribution in [2.24, 2.45) is 5.92 Å². The summed E-state index contributed by atoms with van der Waals surface area (Å²) in [5, 5.41) is 17.0. The molecule has 1 aromatic carbocycles. The normalized spacial score (nSPS) is 32.0. The molecule has 0 saturated carbocycles. The lowest BCUT2D eigenvalue weighted by molar-refractivity contribution is 0.193. The molecule has 2 heterocycles. The summed E-state index contributed by atoms with van der Waals surface area (Å²) in [6.07, 6.45) is 5.24. The SMILES string of the molecule is C[C@@H](N[C@@H](CO)c1ccccc1)C1CC2CCC(C1)N2. The van der Waals surface area contributed by atoms with Crippen molar-refractivity contribution in [3.63, 3.8) is 0 Å². The molecule has 2 fully saturated rings. The van der Waals surface area contributed by atoms with Crippen molar-refractivity contribution in [3.8, 4) is 0 Å². The Morgan fingerprint density at radius 3 is 2.45 bits per heavy atom. The zero-order valence-electron chi connectivity index (χ0n) is 12.3. The summed E-state index contributed by atoms with van der Waals surface area (Å²) in [4.78, 5) is 0. The van der Waals surface area contributed by atoms with Crippen molar-refractivity contribution in [1.29, 1.82) is 0 Å². The fourth-order valence-corrected chi connectivity index (χ4v) is 3.90. The first-order chi connectivity index (χ1) is 9.76. The number of fused-ring (bicyclic) bond motifs is 2. The lowest BCUT2D eigenvalue weighted by Gasteiger charge is -2.35. The van der Waals surface area contributed by atoms with Gasteiger partial charge in [-0.05, 0) is 44.1 Å². The molecule has 3 nitrogen and oxygen atoms in total. The van der Waals surface area contributed by atoms with Crippen LogP contribution in [-0.4, -0.2) is 29.8 Å². The van der Waals surface area contributed by atoms with Gasteiger partial charge in [-0.25, -0.2) is 0 Å². The topological polar surface area (TPSA) is 44.3 Å². The van der Waals surface area contributed by atoms with Crippen molar-refractivity contribution in [1.82, 2.24) is 10.6 Å². The van der Waals surface area contributed by atoms with Crippen LogP contribution in [0.3, 0.4) is 0 Å². The van der Waals surface area contributed by atoms with Crippen LogP contribution < -0.4 is 10.6 Å². The van der Waals surface area contributed by atoms with E-state index in [9.17, 15) is 5.11 Å². The van der Waals surface area contributed by atoms with Crippen molar-refractivity contribution < 1.29 is 5.11 Å². The molecular weight excluding hydrogens is 248 g/mol. The Hall–Kier alpha value is -0.900. The molecule has 2 aliphatic rings. The van der Waals surface area contributed by atoms with Crippen molar-refractivity contribution >= 4 is 0 Å². The molecule has 0 amide bonds. The zero-order valence-corrected chi connectivity index (χ0v) is 12.3. The second-order valence-corrected chi connectivity index (χ2v) is 6.47. The van der Waals surface area contributed by atoms with Crippen LogP contribution in [0.25, 0.3) is 0 Å². The lowest BCUT2D eigenvalue weighted by atomic mass is 9.86. The van der Waals surface area contributed by atoms with E-state index in [1.807, 2.05) is 18.2 Å². The van der Waals surface area contributed by atoms with E-state index in [0.29, 0.717) is 6.04 Å². The van der Waals surface area contributed by atoms with Crippen LogP contribution in [0.2, 0.25) is 0 Å². The third-order valence-electron chi connectivity index (χ3n) is 5.07. The smallest absolute Gasteiger partial charge is 0.0626 e. The zero-order chi connectivity index (χ0) is 13.9. The molecule has 2 bridgehead atoms. The fraction of sp³-hybridized carbons (Fsp3) is 0.647. The first-order valence-electron chi connectivity index (χ1n) is 7.94. The van der Waals surface area contributed by atoms with E-state index in [1.165, 1.54) is 31.2 Å². The third-order valence-corrected chi connectivity index (χ3v) is 5.07. The van der Waals surface area contributed by atoms with Crippen molar-refractivity contribution in [2.75, 3.05) is 6.61 Å². The molecule has 3 N–H and O–H groups in total. The maximum Gasteiger partial charge on any atom is 0.0626 e. The number of nitrogens with one attached hydrogen (secondary N) is 2. The highest BCUT2D eigenvalue weighted by Gasteiger charge is 2.36. The Labute approximate surface area is 121 Å². The number of rotatable bonds is 5. The van der Waals surface area contributed by atoms with Gasteiger partial charge in [-0.2, -0.15) is 0 Å². The van der Waals surface area contributed by atoms with E-state index in [-0.39, 0.29) is 12.6 Å². The fourth-order valence-electron chi connectivity index (χ4n) is 3.90. The van der Waals surface area contributed by atoms with Gasteiger partial charge in [-0.3, -0.25) is 0 Å². The van der Waals surface area contributed by atoms with Crippen LogP contribution in [0.5, 0.6) is 0 Å². The van der Waals surface area contributed by atoms with Crippen LogP contribution in [-0.2, 0) is 0 Å². The van der Waals surface area contributed by atoms with Gasteiger partial charge < -0.3 is 15.7 Å². The average Bonchev–Trinajstić information content (AvgIpc) is 2.83. The van der Waals surface area contributed by atoms with E-state index < -0.39 is 0 Å². The van der Waals surface area contributed by atoms with Gasteiger partial charge in [0.15, 0.2) is 0 Å². The standard InChI is InChI=1S/C17H26N2O/c1-12(14-9-15-7-8-16(10-14)19-15)18-17(11-20)13-5-3-2-4-6-13/h2-6,12,14-20H,7-11H2,1H3/t12-,14?,15?,16?,17+/m1/s1. The second kappa shape index (κ2) is 6.25. The highest BCUT2D eigenvalue weighted by atomic mass is 16.3. The van der Waals surface area contributed by atoms with E-state index in [2.05, 4.69) is 29.7 Å². The van der Waals surface area contributed by atoms with Crippen LogP contribution in [0.4, 0.5) is 0 Å². The van der Waals surface area contributed by atoms with Crippen LogP contribution in [0.1, 0.15) is 44.2 Å². The van der Waals surface area contributed by atoms with E-state index in [0.717, 1.165) is 18.0 Å². The highest BCUT2D eigenvalue weighted by molar-refractivity contribution is 5.19. The maximum atomic E-state index is 9.67. The van der Waals surface area contributed by atoms with Gasteiger partial charge in [0.05, 0.1) is 12.6 Å². The summed E-state index contributed by atoms with van der Waals surface area (Å²) in [6, 6.07) is 12.2. The Kier molecular flexibility index (Phi) is 4.39. The quantitative estimate of drug-likeness (QED) is 0.771. The molecule has 1 aromatic rings. The van der Waals surface area contributed by atoms with Crippen molar-refractivity contribution in [3.05, 3.63) is 35.9 Å². The summed E-state index contributed by atoms with van der Waals surface area (Å²) < 4.78 is 0. The van der Waals surface area contributed by atoms with Gasteiger partial charge in [0.25, 0.3) is 0 Å². The highest BCUT2D eigenvalue weighted by Crippen LogP contribution is 2.33. The number of hydrogen-bond acceptors (Lipinski definition) is 3. The Morgan fingerprint density at radius 2 is 1.85 bits per heavy atom. The minimum Gasteiger partial charge on any atom is -0.394 e. The number of benzene rings is 1. The van der Waals surface area contributed by atoms with Gasteiger partial charge in [-0.1, -0.05) is 30.3 Å². The van der Waals surface area contributed by atoms with Gasteiger partial charge in [0.1, 0.15) is 0 Å². The van der Waals surface area contributed by atoms with E-state index in [4.69, 9.17) is 0 Å². The Morgan fingerprint density at radius 1 is 1.20 bits per heavy atom. The summed E-state index contributed by atoms with van der Waals surface area (Å²) >= 11 is 0. The molecule has 0 aromatic heterocycles. The molecule has 3 heteroatoms. The average molecular weight is 274 g/mol. The number of aliphatic hydroxyl groups is 1. The minimum atomic E-state index is 0.0544. The van der Waals surface area contributed by atoms with Gasteiger partial charge in [0, 0.05) is 18.1 Å². The molecule has 110 valence electrons. The summed E-state index contributed by atoms with van der Waals surface area (Å²) in [5.41, 5.74) is 1.18. The summed E-state index contributed by atoms with van der Waals surface area (Å²) in [5.74, 6) is 0.728. The monoisotopic (exact) mass is 274 g/mol. The van der Waals surface area contributed by atoms with Gasteiger partial charge in [0.2, 0.25) is 0 Å². The first-order valence-corrected chi connectivity index (χ1v) is 7.94. The maximum absolute atomic E-state index is 9.67. The predicted molar refractivity (Wildman–Crippen MR) is 81.5 cm³/mol. The molecule has 4 atom stereocenters. The predicted octanol–water partition coefficient (Wildman–Crippen LogP) is 2.23. The molecule has 2 saturated heterocycles. The number of piperidine rings is 1. The minimum absolute atomic E-state index is 0.0544. The largest absolute Gasteiger partial charge is 0.394 e. The first kappa shape index (κ1) is 14.1. The molecule has 0 aliphatic carbocycles. The Balaban J connectivity index is 1.61. The summed E-state index contributed by atoms with van der Waals surface area (Å²) in [6.45, 7) is 2.44.